The number of thiazole rings is 1. The zero-order valence-electron chi connectivity index (χ0n) is 13.5. The zero-order valence-corrected chi connectivity index (χ0v) is 16.6. The lowest BCUT2D eigenvalue weighted by Crippen LogP contribution is -2.36. The summed E-state index contributed by atoms with van der Waals surface area (Å²) in [6, 6.07) is 3.36. The van der Waals surface area contributed by atoms with Gasteiger partial charge in [-0.15, -0.1) is 35.3 Å². The molecule has 0 amide bonds. The number of rotatable bonds is 5. The van der Waals surface area contributed by atoms with Gasteiger partial charge in [0.2, 0.25) is 0 Å². The highest BCUT2D eigenvalue weighted by Crippen LogP contribution is 2.12. The second-order valence-corrected chi connectivity index (χ2v) is 5.98. The molecule has 2 aromatic heterocycles. The van der Waals surface area contributed by atoms with Crippen molar-refractivity contribution in [1.82, 2.24) is 20.0 Å². The molecule has 25 heavy (non-hydrogen) atoms. The Bertz CT molecular complexity index is 833. The first-order valence-corrected chi connectivity index (χ1v) is 8.41. The van der Waals surface area contributed by atoms with Crippen molar-refractivity contribution in [2.75, 3.05) is 6.54 Å². The quantitative estimate of drug-likeness (QED) is 0.336. The Kier molecular flexibility index (Phi) is 7.12. The number of aromatic nitrogens is 2. The van der Waals surface area contributed by atoms with Crippen LogP contribution in [0.2, 0.25) is 0 Å². The summed E-state index contributed by atoms with van der Waals surface area (Å²) in [5.74, 6) is -0.416. The molecule has 0 fully saturated rings. The molecule has 0 aliphatic heterocycles. The molecule has 9 heteroatoms. The third-order valence-electron chi connectivity index (χ3n) is 3.34. The van der Waals surface area contributed by atoms with Gasteiger partial charge < -0.3 is 10.6 Å². The van der Waals surface area contributed by atoms with Gasteiger partial charge >= 0.3 is 0 Å². The van der Waals surface area contributed by atoms with Gasteiger partial charge in [0.05, 0.1) is 18.8 Å². The van der Waals surface area contributed by atoms with E-state index in [0.29, 0.717) is 19.0 Å². The highest BCUT2D eigenvalue weighted by Gasteiger charge is 2.06. The summed E-state index contributed by atoms with van der Waals surface area (Å²) in [5.41, 5.74) is 1.10. The van der Waals surface area contributed by atoms with Crippen LogP contribution in [-0.4, -0.2) is 21.9 Å². The fourth-order valence-electron chi connectivity index (χ4n) is 2.21. The SMILES string of the molecule is CCNC(=NCc1cc(F)ccc1F)NCc1cn2ccsc2n1.I. The zero-order chi connectivity index (χ0) is 16.9. The van der Waals surface area contributed by atoms with E-state index in [0.717, 1.165) is 28.9 Å². The molecule has 0 unspecified atom stereocenters. The summed E-state index contributed by atoms with van der Waals surface area (Å²) >= 11 is 1.56. The maximum Gasteiger partial charge on any atom is 0.193 e. The first-order valence-electron chi connectivity index (χ1n) is 7.53. The van der Waals surface area contributed by atoms with Crippen LogP contribution in [0.5, 0.6) is 0 Å². The van der Waals surface area contributed by atoms with Crippen LogP contribution in [0.1, 0.15) is 18.2 Å². The predicted molar refractivity (Wildman–Crippen MR) is 106 cm³/mol. The minimum Gasteiger partial charge on any atom is -0.357 e. The molecule has 2 heterocycles. The Morgan fingerprint density at radius 2 is 2.16 bits per heavy atom. The third kappa shape index (κ3) is 5.11. The summed E-state index contributed by atoms with van der Waals surface area (Å²) in [6.45, 7) is 3.14. The monoisotopic (exact) mass is 477 g/mol. The summed E-state index contributed by atoms with van der Waals surface area (Å²) < 4.78 is 28.8. The highest BCUT2D eigenvalue weighted by atomic mass is 127. The van der Waals surface area contributed by atoms with Gasteiger partial charge in [0, 0.05) is 29.9 Å². The Balaban J connectivity index is 0.00000225. The molecular weight excluding hydrogens is 459 g/mol. The van der Waals surface area contributed by atoms with E-state index < -0.39 is 11.6 Å². The maximum atomic E-state index is 13.7. The summed E-state index contributed by atoms with van der Waals surface area (Å²) in [6.07, 6.45) is 3.89. The van der Waals surface area contributed by atoms with E-state index in [4.69, 9.17) is 0 Å². The molecule has 0 aliphatic rings. The molecule has 3 aromatic rings. The third-order valence-corrected chi connectivity index (χ3v) is 4.11. The van der Waals surface area contributed by atoms with Gasteiger partial charge in [0.25, 0.3) is 0 Å². The number of fused-ring (bicyclic) bond motifs is 1. The lowest BCUT2D eigenvalue weighted by molar-refractivity contribution is 0.585. The van der Waals surface area contributed by atoms with Gasteiger partial charge in [-0.2, -0.15) is 0 Å². The van der Waals surface area contributed by atoms with Crippen molar-refractivity contribution in [2.24, 2.45) is 4.99 Å². The standard InChI is InChI=1S/C16H17F2N5S.HI/c1-2-19-15(20-8-11-7-12(17)3-4-14(11)18)21-9-13-10-23-5-6-24-16(23)22-13;/h3-7,10H,2,8-9H2,1H3,(H2,19,20,21);1H. The Morgan fingerprint density at radius 3 is 2.92 bits per heavy atom. The van der Waals surface area contributed by atoms with Crippen LogP contribution in [0.25, 0.3) is 4.96 Å². The molecule has 134 valence electrons. The van der Waals surface area contributed by atoms with Gasteiger partial charge in [0.1, 0.15) is 11.6 Å². The van der Waals surface area contributed by atoms with Crippen molar-refractivity contribution in [1.29, 1.82) is 0 Å². The highest BCUT2D eigenvalue weighted by molar-refractivity contribution is 14.0. The number of halogens is 3. The molecule has 2 N–H and O–H groups in total. The number of hydrogen-bond donors (Lipinski definition) is 2. The summed E-state index contributed by atoms with van der Waals surface area (Å²) in [7, 11) is 0. The minimum atomic E-state index is -0.474. The van der Waals surface area contributed by atoms with Gasteiger partial charge in [0.15, 0.2) is 10.9 Å². The Hall–Kier alpha value is -1.75. The smallest absolute Gasteiger partial charge is 0.193 e. The van der Waals surface area contributed by atoms with E-state index in [9.17, 15) is 8.78 Å². The first kappa shape index (κ1) is 19.6. The van der Waals surface area contributed by atoms with Crippen molar-refractivity contribution in [2.45, 2.75) is 20.0 Å². The van der Waals surface area contributed by atoms with Gasteiger partial charge in [-0.25, -0.2) is 18.8 Å². The van der Waals surface area contributed by atoms with Crippen LogP contribution in [-0.2, 0) is 13.1 Å². The number of guanidine groups is 1. The van der Waals surface area contributed by atoms with Crippen LogP contribution in [0.3, 0.4) is 0 Å². The van der Waals surface area contributed by atoms with Crippen molar-refractivity contribution in [3.8, 4) is 0 Å². The molecule has 3 rings (SSSR count). The average Bonchev–Trinajstić information content (AvgIpc) is 3.14. The second kappa shape index (κ2) is 9.09. The van der Waals surface area contributed by atoms with E-state index in [-0.39, 0.29) is 36.1 Å². The van der Waals surface area contributed by atoms with Crippen molar-refractivity contribution in [3.63, 3.8) is 0 Å². The number of nitrogens with one attached hydrogen (secondary N) is 2. The fourth-order valence-corrected chi connectivity index (χ4v) is 2.92. The molecule has 0 aliphatic carbocycles. The maximum absolute atomic E-state index is 13.7. The number of nitrogens with zero attached hydrogens (tertiary/aromatic N) is 3. The molecule has 5 nitrogen and oxygen atoms in total. The minimum absolute atomic E-state index is 0. The van der Waals surface area contributed by atoms with Gasteiger partial charge in [-0.05, 0) is 25.1 Å². The molecule has 0 saturated heterocycles. The molecular formula is C16H18F2IN5S. The Labute approximate surface area is 165 Å². The van der Waals surface area contributed by atoms with Crippen LogP contribution < -0.4 is 10.6 Å². The van der Waals surface area contributed by atoms with Gasteiger partial charge in [-0.3, -0.25) is 4.40 Å². The van der Waals surface area contributed by atoms with Crippen molar-refractivity contribution >= 4 is 46.2 Å². The van der Waals surface area contributed by atoms with Crippen LogP contribution in [0.15, 0.2) is 41.0 Å². The summed E-state index contributed by atoms with van der Waals surface area (Å²) in [5, 5.41) is 8.19. The Morgan fingerprint density at radius 1 is 1.32 bits per heavy atom. The molecule has 1 aromatic carbocycles. The summed E-state index contributed by atoms with van der Waals surface area (Å²) in [4.78, 5) is 9.70. The van der Waals surface area contributed by atoms with Crippen molar-refractivity contribution < 1.29 is 8.78 Å². The number of benzene rings is 1. The van der Waals surface area contributed by atoms with E-state index in [1.165, 1.54) is 0 Å². The predicted octanol–water partition coefficient (Wildman–Crippen LogP) is 3.55. The van der Waals surface area contributed by atoms with Crippen LogP contribution in [0, 0.1) is 11.6 Å². The van der Waals surface area contributed by atoms with Crippen molar-refractivity contribution in [3.05, 3.63) is 58.9 Å². The molecule has 0 spiro atoms. The van der Waals surface area contributed by atoms with E-state index in [2.05, 4.69) is 20.6 Å². The van der Waals surface area contributed by atoms with E-state index in [1.54, 1.807) is 11.3 Å². The number of aliphatic imine (C=N–C) groups is 1. The molecule has 0 radical (unpaired) electrons. The molecule has 0 bridgehead atoms. The van der Waals surface area contributed by atoms with E-state index in [1.807, 2.05) is 29.1 Å². The number of imidazole rings is 1. The fraction of sp³-hybridized carbons (Fsp3) is 0.250. The van der Waals surface area contributed by atoms with Crippen LogP contribution in [0.4, 0.5) is 8.78 Å². The van der Waals surface area contributed by atoms with E-state index >= 15 is 0 Å². The van der Waals surface area contributed by atoms with Crippen LogP contribution >= 0.6 is 35.3 Å². The average molecular weight is 477 g/mol. The normalized spacial score (nSPS) is 11.4. The number of hydrogen-bond acceptors (Lipinski definition) is 3. The van der Waals surface area contributed by atoms with Gasteiger partial charge in [-0.1, -0.05) is 0 Å². The topological polar surface area (TPSA) is 53.7 Å². The molecule has 0 atom stereocenters. The molecule has 0 saturated carbocycles. The largest absolute Gasteiger partial charge is 0.357 e. The first-order chi connectivity index (χ1) is 11.7. The second-order valence-electron chi connectivity index (χ2n) is 5.11. The lowest BCUT2D eigenvalue weighted by atomic mass is 10.2. The lowest BCUT2D eigenvalue weighted by Gasteiger charge is -2.10.